The van der Waals surface area contributed by atoms with E-state index < -0.39 is 0 Å². The van der Waals surface area contributed by atoms with Crippen molar-refractivity contribution in [2.45, 2.75) is 19.5 Å². The Labute approximate surface area is 160 Å². The first-order valence-electron chi connectivity index (χ1n) is 9.48. The number of rotatable bonds is 9. The highest BCUT2D eigenvalue weighted by Gasteiger charge is 2.14. The lowest BCUT2D eigenvalue weighted by Gasteiger charge is -2.28. The van der Waals surface area contributed by atoms with Crippen LogP contribution in [0.1, 0.15) is 17.5 Å². The van der Waals surface area contributed by atoms with Crippen molar-refractivity contribution in [2.24, 2.45) is 0 Å². The molecule has 0 N–H and O–H groups in total. The van der Waals surface area contributed by atoms with Crippen LogP contribution in [-0.4, -0.2) is 61.3 Å². The summed E-state index contributed by atoms with van der Waals surface area (Å²) in [6, 6.07) is 8.95. The molecule has 1 aliphatic heterocycles. The van der Waals surface area contributed by atoms with Crippen molar-refractivity contribution < 1.29 is 13.9 Å². The Morgan fingerprint density at radius 2 is 1.93 bits per heavy atom. The second-order valence-corrected chi connectivity index (χ2v) is 6.83. The van der Waals surface area contributed by atoms with Crippen LogP contribution in [0.2, 0.25) is 0 Å². The molecule has 0 spiro atoms. The Morgan fingerprint density at radius 1 is 1.15 bits per heavy atom. The Balaban J connectivity index is 1.63. The maximum atomic E-state index is 14.3. The second-order valence-electron chi connectivity index (χ2n) is 6.83. The quantitative estimate of drug-likeness (QED) is 0.676. The van der Waals surface area contributed by atoms with E-state index in [0.717, 1.165) is 52.4 Å². The molecule has 1 aromatic heterocycles. The topological polar surface area (TPSA) is 37.8 Å². The van der Waals surface area contributed by atoms with Crippen LogP contribution >= 0.6 is 0 Å². The molecule has 0 bridgehead atoms. The third-order valence-corrected chi connectivity index (χ3v) is 4.85. The molecule has 1 aromatic carbocycles. The van der Waals surface area contributed by atoms with Gasteiger partial charge in [0.1, 0.15) is 11.6 Å². The van der Waals surface area contributed by atoms with E-state index in [1.165, 1.54) is 11.6 Å². The highest BCUT2D eigenvalue weighted by atomic mass is 19.1. The molecule has 0 aliphatic carbocycles. The van der Waals surface area contributed by atoms with Crippen LogP contribution in [0.4, 0.5) is 4.39 Å². The van der Waals surface area contributed by atoms with Crippen LogP contribution in [0.3, 0.4) is 0 Å². The molecule has 1 aliphatic rings. The lowest BCUT2D eigenvalue weighted by atomic mass is 10.1. The predicted octanol–water partition coefficient (Wildman–Crippen LogP) is 2.95. The van der Waals surface area contributed by atoms with Gasteiger partial charge in [0.2, 0.25) is 0 Å². The fraction of sp³-hybridized carbons (Fsp3) is 0.476. The molecule has 0 unspecified atom stereocenters. The number of methoxy groups -OCH3 is 1. The van der Waals surface area contributed by atoms with Crippen molar-refractivity contribution in [3.63, 3.8) is 0 Å². The number of hydrogen-bond acceptors (Lipinski definition) is 5. The largest absolute Gasteiger partial charge is 0.497 e. The molecule has 2 heterocycles. The number of aromatic nitrogens is 1. The van der Waals surface area contributed by atoms with E-state index in [9.17, 15) is 4.39 Å². The summed E-state index contributed by atoms with van der Waals surface area (Å²) < 4.78 is 25.0. The molecule has 6 heteroatoms. The summed E-state index contributed by atoms with van der Waals surface area (Å²) >= 11 is 0. The van der Waals surface area contributed by atoms with E-state index in [2.05, 4.69) is 14.8 Å². The number of halogens is 1. The van der Waals surface area contributed by atoms with Crippen molar-refractivity contribution in [3.8, 4) is 5.75 Å². The van der Waals surface area contributed by atoms with Crippen molar-refractivity contribution in [1.29, 1.82) is 0 Å². The molecular formula is C21H28FN3O2. The molecule has 0 atom stereocenters. The zero-order valence-electron chi connectivity index (χ0n) is 15.9. The molecular weight excluding hydrogens is 345 g/mol. The average Bonchev–Trinajstić information content (AvgIpc) is 2.71. The predicted molar refractivity (Wildman–Crippen MR) is 103 cm³/mol. The minimum Gasteiger partial charge on any atom is -0.497 e. The van der Waals surface area contributed by atoms with Gasteiger partial charge in [0.15, 0.2) is 0 Å². The Morgan fingerprint density at radius 3 is 2.67 bits per heavy atom. The first-order chi connectivity index (χ1) is 13.2. The van der Waals surface area contributed by atoms with Crippen LogP contribution in [0, 0.1) is 5.82 Å². The van der Waals surface area contributed by atoms with Gasteiger partial charge < -0.3 is 9.47 Å². The number of nitrogens with zero attached hydrogens (tertiary/aromatic N) is 3. The van der Waals surface area contributed by atoms with Gasteiger partial charge >= 0.3 is 0 Å². The molecule has 3 rings (SSSR count). The summed E-state index contributed by atoms with van der Waals surface area (Å²) in [6.45, 7) is 6.87. The van der Waals surface area contributed by atoms with Gasteiger partial charge in [0.25, 0.3) is 0 Å². The average molecular weight is 373 g/mol. The molecule has 0 radical (unpaired) electrons. The first-order valence-corrected chi connectivity index (χ1v) is 9.48. The van der Waals surface area contributed by atoms with Gasteiger partial charge in [-0.2, -0.15) is 0 Å². The highest BCUT2D eigenvalue weighted by Crippen LogP contribution is 2.19. The van der Waals surface area contributed by atoms with Gasteiger partial charge in [0.05, 0.1) is 20.3 Å². The van der Waals surface area contributed by atoms with Crippen molar-refractivity contribution >= 4 is 0 Å². The van der Waals surface area contributed by atoms with Crippen LogP contribution in [0.5, 0.6) is 5.75 Å². The summed E-state index contributed by atoms with van der Waals surface area (Å²) in [5.41, 5.74) is 1.84. The number of hydrogen-bond donors (Lipinski definition) is 0. The maximum Gasteiger partial charge on any atom is 0.127 e. The Bertz CT molecular complexity index is 693. The first kappa shape index (κ1) is 19.7. The molecule has 27 heavy (non-hydrogen) atoms. The standard InChI is InChI=1S/C21H28FN3O2/c1-26-20-3-4-21(22)19(15-20)17-25(16-18-5-7-23-8-6-18)10-2-9-24-11-13-27-14-12-24/h3-8,15H,2,9-14,16-17H2,1H3. The van der Waals surface area contributed by atoms with Crippen molar-refractivity contribution in [3.05, 3.63) is 59.7 Å². The molecule has 0 saturated carbocycles. The summed E-state index contributed by atoms with van der Waals surface area (Å²) in [7, 11) is 1.61. The number of ether oxygens (including phenoxy) is 2. The molecule has 1 fully saturated rings. The van der Waals surface area contributed by atoms with Crippen LogP contribution in [-0.2, 0) is 17.8 Å². The number of pyridine rings is 1. The van der Waals surface area contributed by atoms with Crippen molar-refractivity contribution in [2.75, 3.05) is 46.5 Å². The minimum absolute atomic E-state index is 0.191. The maximum absolute atomic E-state index is 14.3. The van der Waals surface area contributed by atoms with Crippen LogP contribution < -0.4 is 4.74 Å². The van der Waals surface area contributed by atoms with E-state index >= 15 is 0 Å². The third kappa shape index (κ3) is 6.27. The lowest BCUT2D eigenvalue weighted by molar-refractivity contribution is 0.0358. The van der Waals surface area contributed by atoms with E-state index in [0.29, 0.717) is 17.9 Å². The van der Waals surface area contributed by atoms with E-state index in [1.54, 1.807) is 31.6 Å². The Hall–Kier alpha value is -2.02. The zero-order valence-corrected chi connectivity index (χ0v) is 15.9. The van der Waals surface area contributed by atoms with Gasteiger partial charge in [-0.15, -0.1) is 0 Å². The van der Waals surface area contributed by atoms with E-state index in [1.807, 2.05) is 12.1 Å². The molecule has 0 amide bonds. The van der Waals surface area contributed by atoms with E-state index in [4.69, 9.17) is 9.47 Å². The Kier molecular flexibility index (Phi) is 7.56. The summed E-state index contributed by atoms with van der Waals surface area (Å²) in [5, 5.41) is 0. The zero-order chi connectivity index (χ0) is 18.9. The van der Waals surface area contributed by atoms with Gasteiger partial charge in [0, 0.05) is 50.7 Å². The molecule has 1 saturated heterocycles. The lowest BCUT2D eigenvalue weighted by Crippen LogP contribution is -2.38. The second kappa shape index (κ2) is 10.3. The van der Waals surface area contributed by atoms with Gasteiger partial charge in [-0.3, -0.25) is 14.8 Å². The third-order valence-electron chi connectivity index (χ3n) is 4.85. The monoisotopic (exact) mass is 373 g/mol. The van der Waals surface area contributed by atoms with Gasteiger partial charge in [-0.05, 0) is 48.9 Å². The summed E-state index contributed by atoms with van der Waals surface area (Å²) in [6.07, 6.45) is 4.64. The number of benzene rings is 1. The fourth-order valence-electron chi connectivity index (χ4n) is 3.34. The normalized spacial score (nSPS) is 15.2. The molecule has 5 nitrogen and oxygen atoms in total. The highest BCUT2D eigenvalue weighted by molar-refractivity contribution is 5.29. The molecule has 146 valence electrons. The molecule has 2 aromatic rings. The number of morpholine rings is 1. The smallest absolute Gasteiger partial charge is 0.127 e. The van der Waals surface area contributed by atoms with Gasteiger partial charge in [-0.1, -0.05) is 0 Å². The van der Waals surface area contributed by atoms with Gasteiger partial charge in [-0.25, -0.2) is 4.39 Å². The minimum atomic E-state index is -0.191. The van der Waals surface area contributed by atoms with E-state index in [-0.39, 0.29) is 5.82 Å². The van der Waals surface area contributed by atoms with Crippen LogP contribution in [0.15, 0.2) is 42.7 Å². The van der Waals surface area contributed by atoms with Crippen molar-refractivity contribution in [1.82, 2.24) is 14.8 Å². The summed E-state index contributed by atoms with van der Waals surface area (Å²) in [5.74, 6) is 0.493. The fourth-order valence-corrected chi connectivity index (χ4v) is 3.34. The van der Waals surface area contributed by atoms with Crippen LogP contribution in [0.25, 0.3) is 0 Å². The SMILES string of the molecule is COc1ccc(F)c(CN(CCCN2CCOCC2)Cc2ccncc2)c1. The summed E-state index contributed by atoms with van der Waals surface area (Å²) in [4.78, 5) is 8.80.